The van der Waals surface area contributed by atoms with Gasteiger partial charge in [-0.3, -0.25) is 14.6 Å². The normalized spacial score (nSPS) is 20.1. The van der Waals surface area contributed by atoms with Crippen molar-refractivity contribution in [3.8, 4) is 0 Å². The fraction of sp³-hybridized carbons (Fsp3) is 0.562. The van der Waals surface area contributed by atoms with Crippen molar-refractivity contribution in [2.75, 3.05) is 33.7 Å². The van der Waals surface area contributed by atoms with Crippen molar-refractivity contribution >= 4 is 5.91 Å². The zero-order valence-corrected chi connectivity index (χ0v) is 12.5. The third-order valence-electron chi connectivity index (χ3n) is 4.02. The first-order valence-corrected chi connectivity index (χ1v) is 7.36. The smallest absolute Gasteiger partial charge is 0.233 e. The topological polar surface area (TPSA) is 35.6 Å². The first-order chi connectivity index (χ1) is 9.69. The Bertz CT molecular complexity index is 421. The molecule has 1 aromatic carbocycles. The van der Waals surface area contributed by atoms with Crippen LogP contribution in [-0.4, -0.2) is 55.5 Å². The zero-order chi connectivity index (χ0) is 14.4. The van der Waals surface area contributed by atoms with E-state index in [4.69, 9.17) is 0 Å². The minimum absolute atomic E-state index is 0.0904. The van der Waals surface area contributed by atoms with Crippen LogP contribution < -0.4 is 5.32 Å². The maximum absolute atomic E-state index is 11.5. The van der Waals surface area contributed by atoms with Gasteiger partial charge in [0, 0.05) is 26.2 Å². The summed E-state index contributed by atoms with van der Waals surface area (Å²) in [5.74, 6) is 0.0904. The van der Waals surface area contributed by atoms with Gasteiger partial charge in [0.05, 0.1) is 6.54 Å². The Balaban J connectivity index is 1.86. The van der Waals surface area contributed by atoms with E-state index in [1.165, 1.54) is 18.4 Å². The SMILES string of the molecule is CNC(=O)CN(C)[C@H]1CCCN(Cc2ccccc2)C1. The van der Waals surface area contributed by atoms with Crippen molar-refractivity contribution in [1.29, 1.82) is 0 Å². The molecule has 4 heteroatoms. The fourth-order valence-corrected chi connectivity index (χ4v) is 2.81. The van der Waals surface area contributed by atoms with E-state index in [2.05, 4.69) is 45.4 Å². The largest absolute Gasteiger partial charge is 0.358 e. The van der Waals surface area contributed by atoms with Gasteiger partial charge in [0.2, 0.25) is 5.91 Å². The van der Waals surface area contributed by atoms with Crippen molar-refractivity contribution < 1.29 is 4.79 Å². The average Bonchev–Trinajstić information content (AvgIpc) is 2.48. The second-order valence-electron chi connectivity index (χ2n) is 5.61. The lowest BCUT2D eigenvalue weighted by Gasteiger charge is -2.37. The highest BCUT2D eigenvalue weighted by Crippen LogP contribution is 2.17. The lowest BCUT2D eigenvalue weighted by molar-refractivity contribution is -0.122. The molecule has 1 heterocycles. The van der Waals surface area contributed by atoms with Crippen molar-refractivity contribution in [3.63, 3.8) is 0 Å². The van der Waals surface area contributed by atoms with Crippen molar-refractivity contribution in [3.05, 3.63) is 35.9 Å². The number of likely N-dealkylation sites (N-methyl/N-ethyl adjacent to an activating group) is 2. The maximum Gasteiger partial charge on any atom is 0.233 e. The number of amides is 1. The van der Waals surface area contributed by atoms with Crippen LogP contribution in [0.3, 0.4) is 0 Å². The molecule has 0 saturated carbocycles. The van der Waals surface area contributed by atoms with Crippen LogP contribution in [0.15, 0.2) is 30.3 Å². The maximum atomic E-state index is 11.5. The molecule has 0 radical (unpaired) electrons. The molecule has 20 heavy (non-hydrogen) atoms. The Morgan fingerprint density at radius 3 is 2.85 bits per heavy atom. The highest BCUT2D eigenvalue weighted by Gasteiger charge is 2.24. The highest BCUT2D eigenvalue weighted by molar-refractivity contribution is 5.77. The van der Waals surface area contributed by atoms with Gasteiger partial charge in [-0.25, -0.2) is 0 Å². The second kappa shape index (κ2) is 7.41. The quantitative estimate of drug-likeness (QED) is 0.880. The number of nitrogens with zero attached hydrogens (tertiary/aromatic N) is 2. The van der Waals surface area contributed by atoms with Crippen LogP contribution in [0.25, 0.3) is 0 Å². The molecule has 1 aromatic rings. The third kappa shape index (κ3) is 4.32. The molecule has 4 nitrogen and oxygen atoms in total. The molecule has 1 aliphatic rings. The third-order valence-corrected chi connectivity index (χ3v) is 4.02. The Morgan fingerprint density at radius 1 is 1.40 bits per heavy atom. The summed E-state index contributed by atoms with van der Waals surface area (Å²) in [5, 5.41) is 2.69. The van der Waals surface area contributed by atoms with E-state index in [0.717, 1.165) is 19.6 Å². The molecule has 0 unspecified atom stereocenters. The lowest BCUT2D eigenvalue weighted by atomic mass is 10.0. The molecule has 1 saturated heterocycles. The fourth-order valence-electron chi connectivity index (χ4n) is 2.81. The zero-order valence-electron chi connectivity index (χ0n) is 12.5. The minimum atomic E-state index is 0.0904. The summed E-state index contributed by atoms with van der Waals surface area (Å²) in [6.07, 6.45) is 2.38. The van der Waals surface area contributed by atoms with Crippen molar-refractivity contribution in [2.24, 2.45) is 0 Å². The van der Waals surface area contributed by atoms with E-state index in [-0.39, 0.29) is 5.91 Å². The van der Waals surface area contributed by atoms with Gasteiger partial charge in [-0.2, -0.15) is 0 Å². The van der Waals surface area contributed by atoms with Crippen LogP contribution in [0.5, 0.6) is 0 Å². The average molecular weight is 275 g/mol. The van der Waals surface area contributed by atoms with Gasteiger partial charge in [-0.05, 0) is 32.0 Å². The first kappa shape index (κ1) is 15.0. The predicted octanol–water partition coefficient (Wildman–Crippen LogP) is 1.33. The van der Waals surface area contributed by atoms with Gasteiger partial charge in [-0.15, -0.1) is 0 Å². The Morgan fingerprint density at radius 2 is 2.15 bits per heavy atom. The van der Waals surface area contributed by atoms with Crippen molar-refractivity contribution in [2.45, 2.75) is 25.4 Å². The molecule has 0 spiro atoms. The summed E-state index contributed by atoms with van der Waals surface area (Å²) >= 11 is 0. The molecule has 0 aromatic heterocycles. The first-order valence-electron chi connectivity index (χ1n) is 7.36. The number of hydrogen-bond acceptors (Lipinski definition) is 3. The molecule has 110 valence electrons. The van der Waals surface area contributed by atoms with Crippen LogP contribution in [0.4, 0.5) is 0 Å². The van der Waals surface area contributed by atoms with E-state index < -0.39 is 0 Å². The van der Waals surface area contributed by atoms with Gasteiger partial charge in [0.25, 0.3) is 0 Å². The molecule has 2 rings (SSSR count). The van der Waals surface area contributed by atoms with E-state index in [1.807, 2.05) is 7.05 Å². The summed E-state index contributed by atoms with van der Waals surface area (Å²) in [4.78, 5) is 16.1. The standard InChI is InChI=1S/C16H25N3O/c1-17-16(20)13-18(2)15-9-6-10-19(12-15)11-14-7-4-3-5-8-14/h3-5,7-8,15H,6,9-13H2,1-2H3,(H,17,20)/t15-/m0/s1. The monoisotopic (exact) mass is 275 g/mol. The molecule has 0 bridgehead atoms. The van der Waals surface area contributed by atoms with E-state index >= 15 is 0 Å². The van der Waals surface area contributed by atoms with Crippen LogP contribution in [0.2, 0.25) is 0 Å². The number of carbonyl (C=O) groups is 1. The van der Waals surface area contributed by atoms with Crippen molar-refractivity contribution in [1.82, 2.24) is 15.1 Å². The van der Waals surface area contributed by atoms with Crippen LogP contribution in [0.1, 0.15) is 18.4 Å². The van der Waals surface area contributed by atoms with Gasteiger partial charge in [0.1, 0.15) is 0 Å². The van der Waals surface area contributed by atoms with Gasteiger partial charge in [0.15, 0.2) is 0 Å². The van der Waals surface area contributed by atoms with E-state index in [1.54, 1.807) is 7.05 Å². The van der Waals surface area contributed by atoms with Gasteiger partial charge < -0.3 is 5.32 Å². The van der Waals surface area contributed by atoms with E-state index in [0.29, 0.717) is 12.6 Å². The number of piperidine rings is 1. The number of hydrogen-bond donors (Lipinski definition) is 1. The molecule has 1 amide bonds. The van der Waals surface area contributed by atoms with Crippen LogP contribution in [0, 0.1) is 0 Å². The number of carbonyl (C=O) groups excluding carboxylic acids is 1. The number of likely N-dealkylation sites (tertiary alicyclic amines) is 1. The lowest BCUT2D eigenvalue weighted by Crippen LogP contribution is -2.48. The summed E-state index contributed by atoms with van der Waals surface area (Å²) in [6, 6.07) is 11.1. The van der Waals surface area contributed by atoms with Crippen LogP contribution >= 0.6 is 0 Å². The molecular weight excluding hydrogens is 250 g/mol. The summed E-state index contributed by atoms with van der Waals surface area (Å²) in [6.45, 7) is 3.69. The van der Waals surface area contributed by atoms with E-state index in [9.17, 15) is 4.79 Å². The molecular formula is C16H25N3O. The minimum Gasteiger partial charge on any atom is -0.358 e. The predicted molar refractivity (Wildman–Crippen MR) is 81.4 cm³/mol. The summed E-state index contributed by atoms with van der Waals surface area (Å²) < 4.78 is 0. The molecule has 1 N–H and O–H groups in total. The Kier molecular flexibility index (Phi) is 5.56. The second-order valence-corrected chi connectivity index (χ2v) is 5.61. The highest BCUT2D eigenvalue weighted by atomic mass is 16.1. The number of benzene rings is 1. The summed E-state index contributed by atoms with van der Waals surface area (Å²) in [7, 11) is 3.74. The molecule has 0 aliphatic carbocycles. The van der Waals surface area contributed by atoms with Gasteiger partial charge >= 0.3 is 0 Å². The number of rotatable bonds is 5. The summed E-state index contributed by atoms with van der Waals surface area (Å²) in [5.41, 5.74) is 1.36. The Labute approximate surface area is 121 Å². The van der Waals surface area contributed by atoms with Crippen LogP contribution in [-0.2, 0) is 11.3 Å². The van der Waals surface area contributed by atoms with Gasteiger partial charge in [-0.1, -0.05) is 30.3 Å². The molecule has 1 atom stereocenters. The Hall–Kier alpha value is -1.39. The molecule has 1 fully saturated rings. The number of nitrogens with one attached hydrogen (secondary N) is 1. The molecule has 1 aliphatic heterocycles.